The van der Waals surface area contributed by atoms with Gasteiger partial charge in [0.2, 0.25) is 0 Å². The van der Waals surface area contributed by atoms with Gasteiger partial charge < -0.3 is 4.57 Å². The lowest BCUT2D eigenvalue weighted by Crippen LogP contribution is -2.25. The number of hydrogen-bond donors (Lipinski definition) is 0. The Morgan fingerprint density at radius 1 is 0.370 bits per heavy atom. The number of aromatic nitrogens is 2. The maximum Gasteiger partial charge on any atom is 0.171 e. The second-order valence-electron chi connectivity index (χ2n) is 13.7. The van der Waals surface area contributed by atoms with Crippen LogP contribution in [0.4, 0.5) is 0 Å². The molecule has 0 aliphatic heterocycles. The van der Waals surface area contributed by atoms with E-state index in [2.05, 4.69) is 127 Å². The lowest BCUT2D eigenvalue weighted by Gasteiger charge is -2.23. The van der Waals surface area contributed by atoms with Crippen molar-refractivity contribution in [1.29, 1.82) is 0 Å². The zero-order valence-electron chi connectivity index (χ0n) is 29.3. The van der Waals surface area contributed by atoms with Crippen molar-refractivity contribution >= 4 is 66.4 Å². The van der Waals surface area contributed by atoms with Crippen LogP contribution in [-0.4, -0.2) is 9.97 Å². The Balaban J connectivity index is 1.29. The summed E-state index contributed by atoms with van der Waals surface area (Å²) in [5.74, 6) is 0. The van der Waals surface area contributed by atoms with Crippen molar-refractivity contribution in [3.63, 3.8) is 0 Å². The maximum absolute atomic E-state index is 15.7. The summed E-state index contributed by atoms with van der Waals surface area (Å²) in [6.45, 7) is 0. The Morgan fingerprint density at radius 2 is 0.889 bits per heavy atom. The molecule has 10 rings (SSSR count). The first-order chi connectivity index (χ1) is 26.7. The number of hydrogen-bond acceptors (Lipinski definition) is 3. The normalized spacial score (nSPS) is 11.8. The van der Waals surface area contributed by atoms with Gasteiger partial charge in [0.15, 0.2) is 7.14 Å². The largest absolute Gasteiger partial charge is 0.309 e. The Morgan fingerprint density at radius 3 is 1.50 bits per heavy atom. The Bertz CT molecular complexity index is 3010. The SMILES string of the molecule is O=P(c1ccccc1)(c1ccccc1)c1ccc2c(-c3ccccc3)c3cc(-c4ccc5ccc6cccnc6c5n4)ccc3c(-c3ccccc3)c2c1. The fourth-order valence-corrected chi connectivity index (χ4v) is 10.7. The van der Waals surface area contributed by atoms with Gasteiger partial charge in [-0.25, -0.2) is 4.98 Å². The van der Waals surface area contributed by atoms with E-state index in [9.17, 15) is 0 Å². The third-order valence-electron chi connectivity index (χ3n) is 10.6. The summed E-state index contributed by atoms with van der Waals surface area (Å²) >= 11 is 0. The fourth-order valence-electron chi connectivity index (χ4n) is 8.01. The minimum Gasteiger partial charge on any atom is -0.309 e. The number of fused-ring (bicyclic) bond motifs is 5. The van der Waals surface area contributed by atoms with Gasteiger partial charge in [-0.3, -0.25) is 4.98 Å². The van der Waals surface area contributed by atoms with Crippen molar-refractivity contribution in [1.82, 2.24) is 9.97 Å². The van der Waals surface area contributed by atoms with Crippen LogP contribution in [-0.2, 0) is 4.57 Å². The summed E-state index contributed by atoms with van der Waals surface area (Å²) in [7, 11) is -3.24. The predicted molar refractivity (Wildman–Crippen MR) is 228 cm³/mol. The molecule has 2 aromatic heterocycles. The van der Waals surface area contributed by atoms with E-state index in [1.807, 2.05) is 72.9 Å². The average Bonchev–Trinajstić information content (AvgIpc) is 3.25. The molecular weight excluding hydrogens is 676 g/mol. The molecule has 0 unspecified atom stereocenters. The fraction of sp³-hybridized carbons (Fsp3) is 0. The standard InChI is InChI=1S/C50H33N2OP/c53-54(39-19-9-3-10-20-39,40-21-11-4-12-22-40)41-27-29-43-45(33-41)48(35-16-7-2-8-17-35)42-28-25-38(32-44(42)47(43)34-14-5-1-6-15-34)46-30-26-37-24-23-36-18-13-31-51-49(36)50(37)52-46/h1-33H. The van der Waals surface area contributed by atoms with Gasteiger partial charge in [-0.05, 0) is 68.1 Å². The maximum atomic E-state index is 15.7. The number of pyridine rings is 2. The van der Waals surface area contributed by atoms with Crippen LogP contribution in [0.3, 0.4) is 0 Å². The highest BCUT2D eigenvalue weighted by Crippen LogP contribution is 2.48. The average molecular weight is 709 g/mol. The van der Waals surface area contributed by atoms with Crippen LogP contribution in [0, 0.1) is 0 Å². The van der Waals surface area contributed by atoms with E-state index >= 15 is 4.57 Å². The van der Waals surface area contributed by atoms with Crippen LogP contribution < -0.4 is 15.9 Å². The molecule has 254 valence electrons. The molecule has 0 atom stereocenters. The lowest BCUT2D eigenvalue weighted by molar-refractivity contribution is 0.592. The molecule has 3 nitrogen and oxygen atoms in total. The number of rotatable bonds is 6. The number of benzene rings is 8. The second-order valence-corrected chi connectivity index (χ2v) is 16.4. The van der Waals surface area contributed by atoms with Gasteiger partial charge >= 0.3 is 0 Å². The molecule has 0 aliphatic rings. The van der Waals surface area contributed by atoms with Crippen molar-refractivity contribution in [3.8, 4) is 33.5 Å². The summed E-state index contributed by atoms with van der Waals surface area (Å²) in [5, 5.41) is 8.98. The Hall–Kier alpha value is -6.67. The summed E-state index contributed by atoms with van der Waals surface area (Å²) in [5.41, 5.74) is 8.19. The summed E-state index contributed by atoms with van der Waals surface area (Å²) < 4.78 is 15.7. The highest BCUT2D eigenvalue weighted by atomic mass is 31.2. The van der Waals surface area contributed by atoms with Crippen LogP contribution in [0.25, 0.3) is 76.9 Å². The third-order valence-corrected chi connectivity index (χ3v) is 13.6. The number of nitrogens with zero attached hydrogens (tertiary/aromatic N) is 2. The topological polar surface area (TPSA) is 42.9 Å². The monoisotopic (exact) mass is 708 g/mol. The molecule has 4 heteroatoms. The van der Waals surface area contributed by atoms with E-state index in [-0.39, 0.29) is 0 Å². The molecule has 2 heterocycles. The van der Waals surface area contributed by atoms with Gasteiger partial charge in [0.05, 0.1) is 16.7 Å². The van der Waals surface area contributed by atoms with Crippen molar-refractivity contribution < 1.29 is 4.57 Å². The van der Waals surface area contributed by atoms with Crippen molar-refractivity contribution in [3.05, 3.63) is 200 Å². The molecule has 0 radical (unpaired) electrons. The predicted octanol–water partition coefficient (Wildman–Crippen LogP) is 11.7. The molecule has 10 aromatic rings. The molecule has 0 bridgehead atoms. The highest BCUT2D eigenvalue weighted by molar-refractivity contribution is 7.85. The Labute approximate surface area is 313 Å². The third kappa shape index (κ3) is 5.24. The lowest BCUT2D eigenvalue weighted by atomic mass is 9.85. The second kappa shape index (κ2) is 13.1. The van der Waals surface area contributed by atoms with Crippen LogP contribution in [0.1, 0.15) is 0 Å². The Kier molecular flexibility index (Phi) is 7.75. The molecule has 8 aromatic carbocycles. The van der Waals surface area contributed by atoms with E-state index in [1.165, 1.54) is 0 Å². The van der Waals surface area contributed by atoms with Gasteiger partial charge in [0, 0.05) is 38.4 Å². The van der Waals surface area contributed by atoms with Gasteiger partial charge in [0.25, 0.3) is 0 Å². The van der Waals surface area contributed by atoms with Crippen molar-refractivity contribution in [2.45, 2.75) is 0 Å². The van der Waals surface area contributed by atoms with Crippen molar-refractivity contribution in [2.24, 2.45) is 0 Å². The summed E-state index contributed by atoms with van der Waals surface area (Å²) in [4.78, 5) is 9.94. The smallest absolute Gasteiger partial charge is 0.171 e. The van der Waals surface area contributed by atoms with Crippen LogP contribution in [0.5, 0.6) is 0 Å². The van der Waals surface area contributed by atoms with Gasteiger partial charge in [-0.1, -0.05) is 170 Å². The molecule has 0 fully saturated rings. The van der Waals surface area contributed by atoms with E-state index in [1.54, 1.807) is 0 Å². The van der Waals surface area contributed by atoms with Crippen LogP contribution in [0.15, 0.2) is 200 Å². The summed E-state index contributed by atoms with van der Waals surface area (Å²) in [6, 6.07) is 66.7. The van der Waals surface area contributed by atoms with E-state index < -0.39 is 7.14 Å². The van der Waals surface area contributed by atoms with Crippen LogP contribution >= 0.6 is 7.14 Å². The molecule has 0 aliphatic carbocycles. The molecule has 0 saturated heterocycles. The van der Waals surface area contributed by atoms with E-state index in [0.29, 0.717) is 0 Å². The van der Waals surface area contributed by atoms with E-state index in [0.717, 1.165) is 92.8 Å². The van der Waals surface area contributed by atoms with Gasteiger partial charge in [-0.15, -0.1) is 0 Å². The molecule has 0 spiro atoms. The minimum absolute atomic E-state index is 0.806. The quantitative estimate of drug-likeness (QED) is 0.0981. The molecule has 0 saturated carbocycles. The van der Waals surface area contributed by atoms with Crippen LogP contribution in [0.2, 0.25) is 0 Å². The van der Waals surface area contributed by atoms with Gasteiger partial charge in [0.1, 0.15) is 0 Å². The van der Waals surface area contributed by atoms with E-state index in [4.69, 9.17) is 9.97 Å². The molecule has 0 amide bonds. The van der Waals surface area contributed by atoms with Crippen molar-refractivity contribution in [2.75, 3.05) is 0 Å². The highest BCUT2D eigenvalue weighted by Gasteiger charge is 2.30. The van der Waals surface area contributed by atoms with Gasteiger partial charge in [-0.2, -0.15) is 0 Å². The first-order valence-electron chi connectivity index (χ1n) is 18.2. The zero-order chi connectivity index (χ0) is 36.1. The first kappa shape index (κ1) is 32.0. The first-order valence-corrected chi connectivity index (χ1v) is 19.9. The molecule has 54 heavy (non-hydrogen) atoms. The summed E-state index contributed by atoms with van der Waals surface area (Å²) in [6.07, 6.45) is 1.83. The molecular formula is C50H33N2OP. The zero-order valence-corrected chi connectivity index (χ0v) is 30.2. The molecule has 0 N–H and O–H groups in total. The minimum atomic E-state index is -3.24.